The van der Waals surface area contributed by atoms with Crippen LogP contribution in [0.2, 0.25) is 0 Å². The third kappa shape index (κ3) is 2.45. The first-order chi connectivity index (χ1) is 4.59. The maximum Gasteiger partial charge on any atom is 0.328 e. The van der Waals surface area contributed by atoms with Gasteiger partial charge in [-0.05, 0) is 6.92 Å². The number of hydrogen-bond donors (Lipinski definition) is 3. The van der Waals surface area contributed by atoms with Crippen LogP contribution in [0.1, 0.15) is 6.92 Å². The molecule has 0 bridgehead atoms. The Morgan fingerprint density at radius 1 is 1.70 bits per heavy atom. The van der Waals surface area contributed by atoms with Gasteiger partial charge < -0.3 is 15.5 Å². The molecule has 0 aromatic carbocycles. The number of nitrogens with one attached hydrogen (secondary N) is 1. The summed E-state index contributed by atoms with van der Waals surface area (Å²) in [5, 5.41) is 19.0. The van der Waals surface area contributed by atoms with Gasteiger partial charge in [0, 0.05) is 0 Å². The van der Waals surface area contributed by atoms with Crippen LogP contribution in [-0.2, 0) is 9.59 Å². The highest BCUT2D eigenvalue weighted by Crippen LogP contribution is 1.90. The molecule has 0 unspecified atom stereocenters. The van der Waals surface area contributed by atoms with Crippen molar-refractivity contribution in [3.63, 3.8) is 0 Å². The molecule has 0 aromatic heterocycles. The summed E-state index contributed by atoms with van der Waals surface area (Å²) < 4.78 is 0. The van der Waals surface area contributed by atoms with Crippen LogP contribution >= 0.6 is 0 Å². The maximum absolute atomic E-state index is 10.1. The van der Waals surface area contributed by atoms with Gasteiger partial charge in [0.15, 0.2) is 6.04 Å². The van der Waals surface area contributed by atoms with Crippen LogP contribution in [0.3, 0.4) is 0 Å². The number of rotatable bonds is 4. The van der Waals surface area contributed by atoms with Gasteiger partial charge in [-0.1, -0.05) is 0 Å². The van der Waals surface area contributed by atoms with E-state index >= 15 is 0 Å². The van der Waals surface area contributed by atoms with Crippen molar-refractivity contribution in [1.29, 1.82) is 0 Å². The summed E-state index contributed by atoms with van der Waals surface area (Å²) in [5.41, 5.74) is 0. The first kappa shape index (κ1) is 8.90. The van der Waals surface area contributed by atoms with Crippen molar-refractivity contribution in [1.82, 2.24) is 5.32 Å². The van der Waals surface area contributed by atoms with Crippen LogP contribution < -0.4 is 5.32 Å². The van der Waals surface area contributed by atoms with Crippen LogP contribution in [0, 0.1) is 0 Å². The molecule has 5 nitrogen and oxygen atoms in total. The number of carboxylic acids is 1. The van der Waals surface area contributed by atoms with E-state index in [0.29, 0.717) is 0 Å². The Bertz CT molecular complexity index is 134. The van der Waals surface area contributed by atoms with E-state index in [-0.39, 0.29) is 6.41 Å². The average molecular weight is 147 g/mol. The van der Waals surface area contributed by atoms with Crippen molar-refractivity contribution in [2.24, 2.45) is 0 Å². The Hall–Kier alpha value is -1.10. The standard InChI is InChI=1S/C5H9NO4/c1-3(8)4(5(9)10)6-2-7/h2-4,8H,1H3,(H,6,7)(H,9,10)/t3-,4+/m1/s1. The average Bonchev–Trinajstić information content (AvgIpc) is 1.81. The number of amides is 1. The van der Waals surface area contributed by atoms with Crippen LogP contribution in [-0.4, -0.2) is 34.7 Å². The van der Waals surface area contributed by atoms with E-state index in [1.165, 1.54) is 6.92 Å². The zero-order valence-corrected chi connectivity index (χ0v) is 5.44. The summed E-state index contributed by atoms with van der Waals surface area (Å²) in [5.74, 6) is -1.25. The molecule has 0 spiro atoms. The second-order valence-electron chi connectivity index (χ2n) is 1.84. The van der Waals surface area contributed by atoms with Gasteiger partial charge >= 0.3 is 5.97 Å². The minimum atomic E-state index is -1.25. The summed E-state index contributed by atoms with van der Waals surface area (Å²) >= 11 is 0. The molecule has 5 heteroatoms. The van der Waals surface area contributed by atoms with Crippen LogP contribution in [0.5, 0.6) is 0 Å². The summed E-state index contributed by atoms with van der Waals surface area (Å²) in [6.07, 6.45) is -0.839. The van der Waals surface area contributed by atoms with Crippen LogP contribution in [0.4, 0.5) is 0 Å². The first-order valence-corrected chi connectivity index (χ1v) is 2.70. The van der Waals surface area contributed by atoms with E-state index in [9.17, 15) is 9.59 Å². The van der Waals surface area contributed by atoms with Gasteiger partial charge in [-0.2, -0.15) is 0 Å². The fourth-order valence-electron chi connectivity index (χ4n) is 0.490. The van der Waals surface area contributed by atoms with E-state index in [0.717, 1.165) is 0 Å². The number of carboxylic acid groups (broad SMARTS) is 1. The summed E-state index contributed by atoms with van der Waals surface area (Å²) in [6, 6.07) is -1.21. The fraction of sp³-hybridized carbons (Fsp3) is 0.600. The lowest BCUT2D eigenvalue weighted by atomic mass is 10.2. The third-order valence-corrected chi connectivity index (χ3v) is 0.996. The van der Waals surface area contributed by atoms with Crippen molar-refractivity contribution in [2.75, 3.05) is 0 Å². The molecule has 0 aliphatic rings. The van der Waals surface area contributed by atoms with Crippen molar-refractivity contribution < 1.29 is 19.8 Å². The lowest BCUT2D eigenvalue weighted by Gasteiger charge is -2.12. The molecular weight excluding hydrogens is 138 g/mol. The smallest absolute Gasteiger partial charge is 0.328 e. The molecule has 0 rings (SSSR count). The normalized spacial score (nSPS) is 15.4. The Kier molecular flexibility index (Phi) is 3.42. The lowest BCUT2D eigenvalue weighted by molar-refractivity contribution is -0.143. The lowest BCUT2D eigenvalue weighted by Crippen LogP contribution is -2.43. The molecule has 0 aromatic rings. The largest absolute Gasteiger partial charge is 0.480 e. The minimum absolute atomic E-state index is 0.242. The molecule has 1 amide bonds. The van der Waals surface area contributed by atoms with Gasteiger partial charge in [0.2, 0.25) is 6.41 Å². The molecule has 0 radical (unpaired) electrons. The topological polar surface area (TPSA) is 86.6 Å². The quantitative estimate of drug-likeness (QED) is 0.425. The number of carbonyl (C=O) groups excluding carboxylic acids is 1. The van der Waals surface area contributed by atoms with E-state index in [1.807, 2.05) is 5.32 Å². The second-order valence-corrected chi connectivity index (χ2v) is 1.84. The molecule has 3 N–H and O–H groups in total. The first-order valence-electron chi connectivity index (χ1n) is 2.70. The SMILES string of the molecule is C[C@@H](O)[C@H](NC=O)C(=O)O. The van der Waals surface area contributed by atoms with E-state index < -0.39 is 18.1 Å². The van der Waals surface area contributed by atoms with E-state index in [4.69, 9.17) is 10.2 Å². The number of hydrogen-bond acceptors (Lipinski definition) is 3. The maximum atomic E-state index is 10.1. The molecule has 58 valence electrons. The van der Waals surface area contributed by atoms with Gasteiger partial charge in [-0.3, -0.25) is 4.79 Å². The second kappa shape index (κ2) is 3.84. The predicted octanol–water partition coefficient (Wildman–Crippen LogP) is -1.43. The van der Waals surface area contributed by atoms with Gasteiger partial charge in [0.1, 0.15) is 0 Å². The minimum Gasteiger partial charge on any atom is -0.480 e. The third-order valence-electron chi connectivity index (χ3n) is 0.996. The van der Waals surface area contributed by atoms with E-state index in [2.05, 4.69) is 0 Å². The molecule has 0 saturated carbocycles. The van der Waals surface area contributed by atoms with Crippen LogP contribution in [0.15, 0.2) is 0 Å². The zero-order chi connectivity index (χ0) is 8.15. The molecule has 0 aliphatic heterocycles. The molecule has 2 atom stereocenters. The monoisotopic (exact) mass is 147 g/mol. The number of carbonyl (C=O) groups is 2. The molecular formula is C5H9NO4. The molecule has 0 heterocycles. The van der Waals surface area contributed by atoms with Gasteiger partial charge in [0.25, 0.3) is 0 Å². The Morgan fingerprint density at radius 2 is 2.20 bits per heavy atom. The number of aliphatic hydroxyl groups excluding tert-OH is 1. The molecule has 0 fully saturated rings. The Labute approximate surface area is 57.7 Å². The van der Waals surface area contributed by atoms with Crippen molar-refractivity contribution in [3.05, 3.63) is 0 Å². The highest BCUT2D eigenvalue weighted by molar-refractivity contribution is 5.76. The fourth-order valence-corrected chi connectivity index (χ4v) is 0.490. The Morgan fingerprint density at radius 3 is 2.30 bits per heavy atom. The summed E-state index contributed by atoms with van der Waals surface area (Å²) in [4.78, 5) is 19.9. The molecule has 0 aliphatic carbocycles. The van der Waals surface area contributed by atoms with Crippen molar-refractivity contribution in [2.45, 2.75) is 19.1 Å². The van der Waals surface area contributed by atoms with Gasteiger partial charge in [-0.15, -0.1) is 0 Å². The van der Waals surface area contributed by atoms with Crippen molar-refractivity contribution in [3.8, 4) is 0 Å². The zero-order valence-electron chi connectivity index (χ0n) is 5.44. The van der Waals surface area contributed by atoms with Gasteiger partial charge in [0.05, 0.1) is 6.10 Å². The van der Waals surface area contributed by atoms with E-state index in [1.54, 1.807) is 0 Å². The van der Waals surface area contributed by atoms with Crippen molar-refractivity contribution >= 4 is 12.4 Å². The molecule has 10 heavy (non-hydrogen) atoms. The van der Waals surface area contributed by atoms with Crippen LogP contribution in [0.25, 0.3) is 0 Å². The highest BCUT2D eigenvalue weighted by atomic mass is 16.4. The predicted molar refractivity (Wildman–Crippen MR) is 32.3 cm³/mol. The molecule has 0 saturated heterocycles. The number of aliphatic carboxylic acids is 1. The summed E-state index contributed by atoms with van der Waals surface area (Å²) in [7, 11) is 0. The summed E-state index contributed by atoms with van der Waals surface area (Å²) in [6.45, 7) is 1.29. The number of aliphatic hydroxyl groups is 1. The van der Waals surface area contributed by atoms with Gasteiger partial charge in [-0.25, -0.2) is 4.79 Å². The Balaban J connectivity index is 3.97. The highest BCUT2D eigenvalue weighted by Gasteiger charge is 2.21.